The number of thiophene rings is 1. The van der Waals surface area contributed by atoms with Crippen LogP contribution in [0.3, 0.4) is 0 Å². The van der Waals surface area contributed by atoms with Crippen LogP contribution in [-0.4, -0.2) is 13.2 Å². The molecule has 0 N–H and O–H groups in total. The fraction of sp³-hybridized carbons (Fsp3) is 0.150. The summed E-state index contributed by atoms with van der Waals surface area (Å²) in [6, 6.07) is 14.0. The lowest BCUT2D eigenvalue weighted by Gasteiger charge is -2.18. The lowest BCUT2D eigenvalue weighted by Crippen LogP contribution is -2.15. The van der Waals surface area contributed by atoms with E-state index in [-0.39, 0.29) is 12.4 Å². The number of nitrogens with zero attached hydrogens (tertiary/aromatic N) is 1. The van der Waals surface area contributed by atoms with Crippen molar-refractivity contribution in [3.8, 4) is 33.8 Å². The largest absolute Gasteiger partial charge is 0.486 e. The van der Waals surface area contributed by atoms with E-state index in [4.69, 9.17) is 14.2 Å². The van der Waals surface area contributed by atoms with Gasteiger partial charge in [0.25, 0.3) is 0 Å². The lowest BCUT2D eigenvalue weighted by molar-refractivity contribution is 0.171. The Morgan fingerprint density at radius 3 is 2.77 bits per heavy atom. The van der Waals surface area contributed by atoms with E-state index in [9.17, 15) is 9.65 Å². The van der Waals surface area contributed by atoms with Crippen LogP contribution in [0.2, 0.25) is 0 Å². The zero-order chi connectivity index (χ0) is 17.9. The molecule has 0 saturated carbocycles. The zero-order valence-corrected chi connectivity index (χ0v) is 14.5. The third kappa shape index (κ3) is 3.22. The smallest absolute Gasteiger partial charge is 0.192 e. The van der Waals surface area contributed by atoms with Crippen LogP contribution >= 0.6 is 11.3 Å². The predicted octanol–water partition coefficient (Wildman–Crippen LogP) is 4.78. The van der Waals surface area contributed by atoms with Crippen molar-refractivity contribution in [1.82, 2.24) is 0 Å². The summed E-state index contributed by atoms with van der Waals surface area (Å²) >= 11 is 1.35. The highest BCUT2D eigenvalue weighted by Crippen LogP contribution is 2.40. The molecule has 26 heavy (non-hydrogen) atoms. The molecule has 1 aliphatic heterocycles. The van der Waals surface area contributed by atoms with Gasteiger partial charge in [-0.25, -0.2) is 4.39 Å². The van der Waals surface area contributed by atoms with Gasteiger partial charge < -0.3 is 14.2 Å². The van der Waals surface area contributed by atoms with Crippen LogP contribution in [0, 0.1) is 17.1 Å². The maximum absolute atomic E-state index is 13.3. The molecule has 0 unspecified atom stereocenters. The molecule has 3 aromatic rings. The van der Waals surface area contributed by atoms with Crippen molar-refractivity contribution >= 4 is 11.3 Å². The standard InChI is InChI=1S/C20H14FNO3S/c21-15-3-1-2-13(8-15)11-25-20-16(10-22)17(12-26-20)14-4-5-18-19(9-14)24-7-6-23-18/h1-5,8-9,12H,6-7,11H2. The maximum atomic E-state index is 13.3. The van der Waals surface area contributed by atoms with Crippen LogP contribution < -0.4 is 14.2 Å². The summed E-state index contributed by atoms with van der Waals surface area (Å²) in [6.07, 6.45) is 0. The van der Waals surface area contributed by atoms with E-state index in [1.165, 1.54) is 23.5 Å². The third-order valence-corrected chi connectivity index (χ3v) is 4.87. The van der Waals surface area contributed by atoms with Crippen molar-refractivity contribution in [2.75, 3.05) is 13.2 Å². The van der Waals surface area contributed by atoms with Crippen LogP contribution in [0.4, 0.5) is 4.39 Å². The summed E-state index contributed by atoms with van der Waals surface area (Å²) in [5.74, 6) is 1.07. The Bertz CT molecular complexity index is 993. The Morgan fingerprint density at radius 1 is 1.12 bits per heavy atom. The second-order valence-corrected chi connectivity index (χ2v) is 6.54. The Balaban J connectivity index is 1.60. The molecule has 0 fully saturated rings. The van der Waals surface area contributed by atoms with Gasteiger partial charge in [-0.2, -0.15) is 5.26 Å². The molecule has 0 aliphatic carbocycles. The molecule has 1 aliphatic rings. The van der Waals surface area contributed by atoms with E-state index < -0.39 is 0 Å². The van der Waals surface area contributed by atoms with Crippen molar-refractivity contribution in [2.24, 2.45) is 0 Å². The highest BCUT2D eigenvalue weighted by atomic mass is 32.1. The van der Waals surface area contributed by atoms with Crippen LogP contribution in [0.1, 0.15) is 11.1 Å². The maximum Gasteiger partial charge on any atom is 0.192 e. The number of rotatable bonds is 4. The lowest BCUT2D eigenvalue weighted by atomic mass is 10.0. The third-order valence-electron chi connectivity index (χ3n) is 3.98. The normalized spacial score (nSPS) is 12.5. The number of benzene rings is 2. The van der Waals surface area contributed by atoms with Gasteiger partial charge in [0.1, 0.15) is 37.3 Å². The second-order valence-electron chi connectivity index (χ2n) is 5.70. The molecule has 0 amide bonds. The molecule has 0 radical (unpaired) electrons. The van der Waals surface area contributed by atoms with Gasteiger partial charge in [-0.15, -0.1) is 11.3 Å². The molecule has 2 aromatic carbocycles. The minimum absolute atomic E-state index is 0.202. The van der Waals surface area contributed by atoms with Crippen molar-refractivity contribution < 1.29 is 18.6 Å². The molecule has 130 valence electrons. The number of hydrogen-bond donors (Lipinski definition) is 0. The summed E-state index contributed by atoms with van der Waals surface area (Å²) in [7, 11) is 0. The van der Waals surface area contributed by atoms with Gasteiger partial charge in [-0.05, 0) is 35.4 Å². The summed E-state index contributed by atoms with van der Waals surface area (Å²) in [4.78, 5) is 0. The average molecular weight is 367 g/mol. The van der Waals surface area contributed by atoms with Crippen molar-refractivity contribution in [3.05, 3.63) is 64.8 Å². The minimum Gasteiger partial charge on any atom is -0.486 e. The number of hydrogen-bond acceptors (Lipinski definition) is 5. The van der Waals surface area contributed by atoms with E-state index >= 15 is 0 Å². The van der Waals surface area contributed by atoms with Gasteiger partial charge in [-0.3, -0.25) is 0 Å². The second kappa shape index (κ2) is 7.06. The SMILES string of the molecule is N#Cc1c(-c2ccc3c(c2)OCCO3)csc1OCc1cccc(F)c1. The molecule has 0 spiro atoms. The van der Waals surface area contributed by atoms with Crippen molar-refractivity contribution in [2.45, 2.75) is 6.61 Å². The van der Waals surface area contributed by atoms with Crippen LogP contribution in [0.5, 0.6) is 16.6 Å². The summed E-state index contributed by atoms with van der Waals surface area (Å²) < 4.78 is 30.2. The summed E-state index contributed by atoms with van der Waals surface area (Å²) in [5.41, 5.74) is 2.82. The van der Waals surface area contributed by atoms with Crippen LogP contribution in [-0.2, 0) is 6.61 Å². The predicted molar refractivity (Wildman–Crippen MR) is 96.2 cm³/mol. The quantitative estimate of drug-likeness (QED) is 0.666. The van der Waals surface area contributed by atoms with Crippen LogP contribution in [0.15, 0.2) is 47.8 Å². The molecular formula is C20H14FNO3S. The van der Waals surface area contributed by atoms with E-state index in [0.717, 1.165) is 11.1 Å². The Labute approximate surface area is 154 Å². The molecule has 0 bridgehead atoms. The Kier molecular flexibility index (Phi) is 4.46. The van der Waals surface area contributed by atoms with Gasteiger partial charge >= 0.3 is 0 Å². The van der Waals surface area contributed by atoms with E-state index in [0.29, 0.717) is 40.9 Å². The zero-order valence-electron chi connectivity index (χ0n) is 13.7. The Morgan fingerprint density at radius 2 is 1.96 bits per heavy atom. The van der Waals surface area contributed by atoms with Gasteiger partial charge in [0.05, 0.1) is 0 Å². The molecule has 2 heterocycles. The fourth-order valence-corrected chi connectivity index (χ4v) is 3.63. The first-order valence-corrected chi connectivity index (χ1v) is 8.91. The first kappa shape index (κ1) is 16.4. The highest BCUT2D eigenvalue weighted by molar-refractivity contribution is 7.12. The fourth-order valence-electron chi connectivity index (χ4n) is 2.75. The monoisotopic (exact) mass is 367 g/mol. The van der Waals surface area contributed by atoms with Gasteiger partial charge in [0.15, 0.2) is 16.6 Å². The molecular weight excluding hydrogens is 353 g/mol. The molecule has 0 saturated heterocycles. The number of halogens is 1. The number of fused-ring (bicyclic) bond motifs is 1. The molecule has 6 heteroatoms. The molecule has 4 rings (SSSR count). The van der Waals surface area contributed by atoms with Gasteiger partial charge in [0.2, 0.25) is 0 Å². The number of ether oxygens (including phenoxy) is 3. The molecule has 1 aromatic heterocycles. The first-order chi connectivity index (χ1) is 12.7. The van der Waals surface area contributed by atoms with Gasteiger partial charge in [0, 0.05) is 10.9 Å². The van der Waals surface area contributed by atoms with E-state index in [1.807, 2.05) is 23.6 Å². The Hall–Kier alpha value is -3.04. The summed E-state index contributed by atoms with van der Waals surface area (Å²) in [5, 5.41) is 12.0. The minimum atomic E-state index is -0.310. The first-order valence-electron chi connectivity index (χ1n) is 8.03. The average Bonchev–Trinajstić information content (AvgIpc) is 3.09. The van der Waals surface area contributed by atoms with Gasteiger partial charge in [-0.1, -0.05) is 18.2 Å². The van der Waals surface area contributed by atoms with E-state index in [2.05, 4.69) is 6.07 Å². The molecule has 4 nitrogen and oxygen atoms in total. The summed E-state index contributed by atoms with van der Waals surface area (Å²) in [6.45, 7) is 1.24. The molecule has 0 atom stereocenters. The van der Waals surface area contributed by atoms with Crippen LogP contribution in [0.25, 0.3) is 11.1 Å². The topological polar surface area (TPSA) is 51.5 Å². The highest BCUT2D eigenvalue weighted by Gasteiger charge is 2.18. The number of nitriles is 1. The van der Waals surface area contributed by atoms with Crippen molar-refractivity contribution in [1.29, 1.82) is 5.26 Å². The van der Waals surface area contributed by atoms with E-state index in [1.54, 1.807) is 12.1 Å². The van der Waals surface area contributed by atoms with Crippen molar-refractivity contribution in [3.63, 3.8) is 0 Å².